The van der Waals surface area contributed by atoms with E-state index in [0.717, 1.165) is 53.9 Å². The fourth-order valence-electron chi connectivity index (χ4n) is 7.26. The molecule has 1 aliphatic heterocycles. The summed E-state index contributed by atoms with van der Waals surface area (Å²) in [6, 6.07) is 16.7. The van der Waals surface area contributed by atoms with Crippen molar-refractivity contribution in [2.24, 2.45) is 0 Å². The van der Waals surface area contributed by atoms with E-state index in [1.165, 1.54) is 38.5 Å². The third kappa shape index (κ3) is 5.61. The second kappa shape index (κ2) is 12.0. The molecular weight excluding hydrogens is 500 g/mol. The number of ether oxygens (including phenoxy) is 1. The van der Waals surface area contributed by atoms with Crippen LogP contribution in [0.5, 0.6) is 5.75 Å². The predicted octanol–water partition coefficient (Wildman–Crippen LogP) is 6.06. The van der Waals surface area contributed by atoms with E-state index in [1.54, 1.807) is 7.11 Å². The number of hydrogen-bond acceptors (Lipinski definition) is 4. The zero-order valence-corrected chi connectivity index (χ0v) is 23.8. The average Bonchev–Trinajstić information content (AvgIpc) is 3.54. The molecule has 7 heteroatoms. The maximum absolute atomic E-state index is 14.2. The Labute approximate surface area is 237 Å². The van der Waals surface area contributed by atoms with Crippen LogP contribution < -0.4 is 4.74 Å². The highest BCUT2D eigenvalue weighted by atomic mass is 16.5. The number of fused-ring (bicyclic) bond motifs is 1. The molecule has 1 unspecified atom stereocenters. The summed E-state index contributed by atoms with van der Waals surface area (Å²) in [4.78, 5) is 36.6. The largest absolute Gasteiger partial charge is 0.497 e. The maximum Gasteiger partial charge on any atom is 0.243 e. The van der Waals surface area contributed by atoms with Crippen molar-refractivity contribution in [2.75, 3.05) is 13.7 Å². The quantitative estimate of drug-likeness (QED) is 0.347. The highest BCUT2D eigenvalue weighted by molar-refractivity contribution is 5.83. The monoisotopic (exact) mass is 542 g/mol. The van der Waals surface area contributed by atoms with Crippen LogP contribution in [0.1, 0.15) is 87.9 Å². The molecule has 1 aromatic heterocycles. The Hall–Kier alpha value is -3.35. The second-order valence-electron chi connectivity index (χ2n) is 12.0. The fraction of sp³-hybridized carbons (Fsp3) is 0.545. The number of benzene rings is 2. The molecule has 0 bridgehead atoms. The molecule has 7 nitrogen and oxygen atoms in total. The van der Waals surface area contributed by atoms with Gasteiger partial charge in [0.1, 0.15) is 18.1 Å². The summed E-state index contributed by atoms with van der Waals surface area (Å²) in [5.41, 5.74) is 2.96. The van der Waals surface area contributed by atoms with Crippen molar-refractivity contribution >= 4 is 22.8 Å². The number of rotatable bonds is 8. The lowest BCUT2D eigenvalue weighted by Crippen LogP contribution is -2.50. The van der Waals surface area contributed by atoms with E-state index in [1.807, 2.05) is 47.4 Å². The molecular formula is C33H42N4O3. The maximum atomic E-state index is 14.2. The van der Waals surface area contributed by atoms with Gasteiger partial charge in [-0.05, 0) is 55.5 Å². The lowest BCUT2D eigenvalue weighted by molar-refractivity contribution is -0.138. The first kappa shape index (κ1) is 26.9. The van der Waals surface area contributed by atoms with E-state index in [4.69, 9.17) is 9.72 Å². The third-order valence-electron chi connectivity index (χ3n) is 9.31. The van der Waals surface area contributed by atoms with Gasteiger partial charge in [-0.1, -0.05) is 62.8 Å². The van der Waals surface area contributed by atoms with Crippen molar-refractivity contribution in [2.45, 2.75) is 102 Å². The Morgan fingerprint density at radius 2 is 1.57 bits per heavy atom. The molecule has 2 amide bonds. The second-order valence-corrected chi connectivity index (χ2v) is 12.0. The molecule has 2 aliphatic carbocycles. The average molecular weight is 543 g/mol. The van der Waals surface area contributed by atoms with Crippen molar-refractivity contribution in [1.29, 1.82) is 0 Å². The summed E-state index contributed by atoms with van der Waals surface area (Å²) in [5, 5.41) is 0. The number of imidazole rings is 1. The van der Waals surface area contributed by atoms with E-state index in [9.17, 15) is 9.59 Å². The van der Waals surface area contributed by atoms with Gasteiger partial charge in [-0.15, -0.1) is 0 Å². The van der Waals surface area contributed by atoms with Crippen LogP contribution in [0.2, 0.25) is 0 Å². The number of aromatic nitrogens is 2. The molecule has 6 rings (SSSR count). The SMILES string of the molecule is COc1ccc(CN2CC(c3nc4ccccc4n3CC(=O)N(C3CCCCC3)C3CCCCC3)CC2=O)cc1. The summed E-state index contributed by atoms with van der Waals surface area (Å²) in [6.45, 7) is 1.47. The summed E-state index contributed by atoms with van der Waals surface area (Å²) >= 11 is 0. The smallest absolute Gasteiger partial charge is 0.243 e. The number of carbonyl (C=O) groups excluding carboxylic acids is 2. The summed E-state index contributed by atoms with van der Waals surface area (Å²) in [5.74, 6) is 2.00. The molecule has 1 atom stereocenters. The van der Waals surface area contributed by atoms with Crippen molar-refractivity contribution in [3.63, 3.8) is 0 Å². The number of carbonyl (C=O) groups is 2. The van der Waals surface area contributed by atoms with Gasteiger partial charge in [-0.2, -0.15) is 0 Å². The number of hydrogen-bond donors (Lipinski definition) is 0. The zero-order valence-electron chi connectivity index (χ0n) is 23.8. The zero-order chi connectivity index (χ0) is 27.5. The van der Waals surface area contributed by atoms with E-state index < -0.39 is 0 Å². The summed E-state index contributed by atoms with van der Waals surface area (Å²) in [7, 11) is 1.66. The van der Waals surface area contributed by atoms with Gasteiger partial charge < -0.3 is 19.1 Å². The van der Waals surface area contributed by atoms with E-state index in [2.05, 4.69) is 15.5 Å². The molecule has 3 aromatic rings. The Bertz CT molecular complexity index is 1300. The Morgan fingerprint density at radius 3 is 2.23 bits per heavy atom. The van der Waals surface area contributed by atoms with Gasteiger partial charge >= 0.3 is 0 Å². The predicted molar refractivity (Wildman–Crippen MR) is 156 cm³/mol. The lowest BCUT2D eigenvalue weighted by Gasteiger charge is -2.42. The molecule has 2 saturated carbocycles. The molecule has 0 N–H and O–H groups in total. The number of amides is 2. The highest BCUT2D eigenvalue weighted by Gasteiger charge is 2.36. The normalized spacial score (nSPS) is 20.8. The van der Waals surface area contributed by atoms with Crippen LogP contribution in [0.3, 0.4) is 0 Å². The number of nitrogens with zero attached hydrogens (tertiary/aromatic N) is 4. The standard InChI is InChI=1S/C33H42N4O3/c1-40-28-18-16-24(17-19-28)21-35-22-25(20-31(35)38)33-34-29-14-8-9-15-30(29)36(33)23-32(39)37(26-10-4-2-5-11-26)27-12-6-3-7-13-27/h8-9,14-19,25-27H,2-7,10-13,20-23H2,1H3. The fourth-order valence-corrected chi connectivity index (χ4v) is 7.26. The van der Waals surface area contributed by atoms with Crippen LogP contribution in [0.4, 0.5) is 0 Å². The van der Waals surface area contributed by atoms with Crippen molar-refractivity contribution < 1.29 is 14.3 Å². The van der Waals surface area contributed by atoms with E-state index in [0.29, 0.717) is 38.1 Å². The first-order valence-electron chi connectivity index (χ1n) is 15.3. The molecule has 3 aliphatic rings. The molecule has 3 fully saturated rings. The summed E-state index contributed by atoms with van der Waals surface area (Å²) in [6.07, 6.45) is 12.3. The summed E-state index contributed by atoms with van der Waals surface area (Å²) < 4.78 is 7.41. The van der Waals surface area contributed by atoms with Crippen LogP contribution in [0, 0.1) is 0 Å². The minimum atomic E-state index is -0.0382. The lowest BCUT2D eigenvalue weighted by atomic mass is 9.88. The van der Waals surface area contributed by atoms with E-state index >= 15 is 0 Å². The molecule has 1 saturated heterocycles. The van der Waals surface area contributed by atoms with Gasteiger partial charge in [0.05, 0.1) is 18.1 Å². The molecule has 0 radical (unpaired) electrons. The molecule has 0 spiro atoms. The topological polar surface area (TPSA) is 67.7 Å². The van der Waals surface area contributed by atoms with Crippen molar-refractivity contribution in [3.05, 3.63) is 59.9 Å². The van der Waals surface area contributed by atoms with Crippen LogP contribution in [0.15, 0.2) is 48.5 Å². The van der Waals surface area contributed by atoms with Gasteiger partial charge in [-0.3, -0.25) is 9.59 Å². The van der Waals surface area contributed by atoms with Gasteiger partial charge in [0.15, 0.2) is 0 Å². The highest BCUT2D eigenvalue weighted by Crippen LogP contribution is 2.34. The minimum Gasteiger partial charge on any atom is -0.497 e. The first-order valence-corrected chi connectivity index (χ1v) is 15.3. The van der Waals surface area contributed by atoms with Crippen LogP contribution in [-0.2, 0) is 22.7 Å². The van der Waals surface area contributed by atoms with Gasteiger partial charge in [0.2, 0.25) is 11.8 Å². The Balaban J connectivity index is 1.26. The molecule has 40 heavy (non-hydrogen) atoms. The van der Waals surface area contributed by atoms with Crippen LogP contribution in [0.25, 0.3) is 11.0 Å². The Kier molecular flexibility index (Phi) is 8.08. The number of likely N-dealkylation sites (tertiary alicyclic amines) is 1. The van der Waals surface area contributed by atoms with Crippen molar-refractivity contribution in [1.82, 2.24) is 19.4 Å². The Morgan fingerprint density at radius 1 is 0.925 bits per heavy atom. The minimum absolute atomic E-state index is 0.0382. The molecule has 212 valence electrons. The third-order valence-corrected chi connectivity index (χ3v) is 9.31. The van der Waals surface area contributed by atoms with Crippen molar-refractivity contribution in [3.8, 4) is 5.75 Å². The number of methoxy groups -OCH3 is 1. The van der Waals surface area contributed by atoms with Crippen LogP contribution >= 0.6 is 0 Å². The molecule has 2 aromatic carbocycles. The van der Waals surface area contributed by atoms with E-state index in [-0.39, 0.29) is 17.7 Å². The first-order chi connectivity index (χ1) is 19.6. The van der Waals surface area contributed by atoms with Gasteiger partial charge in [0.25, 0.3) is 0 Å². The van der Waals surface area contributed by atoms with Crippen LogP contribution in [-0.4, -0.2) is 56.9 Å². The molecule has 2 heterocycles. The van der Waals surface area contributed by atoms with Gasteiger partial charge in [0, 0.05) is 37.5 Å². The number of para-hydroxylation sites is 2. The van der Waals surface area contributed by atoms with Gasteiger partial charge in [-0.25, -0.2) is 4.98 Å².